The fourth-order valence-electron chi connectivity index (χ4n) is 3.05. The van der Waals surface area contributed by atoms with Crippen LogP contribution in [0.4, 0.5) is 0 Å². The van der Waals surface area contributed by atoms with Crippen molar-refractivity contribution in [3.8, 4) is 0 Å². The number of hydrogen-bond acceptors (Lipinski definition) is 2. The Labute approximate surface area is 183 Å². The molecule has 2 amide bonds. The molecule has 6 heteroatoms. The number of benzene rings is 2. The van der Waals surface area contributed by atoms with Gasteiger partial charge >= 0.3 is 0 Å². The lowest BCUT2D eigenvalue weighted by Gasteiger charge is -2.31. The molecule has 0 saturated heterocycles. The van der Waals surface area contributed by atoms with E-state index in [1.807, 2.05) is 57.2 Å². The number of carbonyl (C=O) groups excluding carboxylic acids is 2. The topological polar surface area (TPSA) is 49.4 Å². The van der Waals surface area contributed by atoms with E-state index in [1.165, 1.54) is 0 Å². The molecule has 0 unspecified atom stereocenters. The van der Waals surface area contributed by atoms with Crippen LogP contribution in [-0.4, -0.2) is 29.3 Å². The highest BCUT2D eigenvalue weighted by molar-refractivity contribution is 6.42. The molecular weight excluding hydrogens is 407 g/mol. The number of carbonyl (C=O) groups is 2. The summed E-state index contributed by atoms with van der Waals surface area (Å²) in [5, 5.41) is 3.84. The average Bonchev–Trinajstić information content (AvgIpc) is 2.69. The highest BCUT2D eigenvalue weighted by Gasteiger charge is 2.28. The predicted molar refractivity (Wildman–Crippen MR) is 119 cm³/mol. The molecule has 0 aromatic heterocycles. The van der Waals surface area contributed by atoms with Crippen LogP contribution in [-0.2, 0) is 22.6 Å². The van der Waals surface area contributed by atoms with E-state index in [0.29, 0.717) is 28.9 Å². The van der Waals surface area contributed by atoms with Crippen molar-refractivity contribution in [1.82, 2.24) is 10.2 Å². The van der Waals surface area contributed by atoms with Crippen molar-refractivity contribution in [2.24, 2.45) is 5.92 Å². The third-order valence-electron chi connectivity index (χ3n) is 4.61. The SMILES string of the molecule is CC[C@H](C(=O)NCC(C)C)N(Cc1ccc(Cl)c(Cl)c1)C(=O)Cc1ccccc1. The summed E-state index contributed by atoms with van der Waals surface area (Å²) >= 11 is 12.2. The molecule has 2 aromatic carbocycles. The van der Waals surface area contributed by atoms with Gasteiger partial charge in [-0.15, -0.1) is 0 Å². The van der Waals surface area contributed by atoms with Gasteiger partial charge in [-0.05, 0) is 35.6 Å². The van der Waals surface area contributed by atoms with Gasteiger partial charge in [0.2, 0.25) is 11.8 Å². The van der Waals surface area contributed by atoms with Crippen LogP contribution in [0.25, 0.3) is 0 Å². The lowest BCUT2D eigenvalue weighted by Crippen LogP contribution is -2.50. The second-order valence-electron chi connectivity index (χ2n) is 7.50. The number of nitrogens with one attached hydrogen (secondary N) is 1. The summed E-state index contributed by atoms with van der Waals surface area (Å²) in [6.45, 7) is 6.85. The third-order valence-corrected chi connectivity index (χ3v) is 5.34. The van der Waals surface area contributed by atoms with Gasteiger partial charge in [0.25, 0.3) is 0 Å². The van der Waals surface area contributed by atoms with Crippen molar-refractivity contribution in [2.45, 2.75) is 46.2 Å². The van der Waals surface area contributed by atoms with Gasteiger partial charge in [-0.25, -0.2) is 0 Å². The van der Waals surface area contributed by atoms with Crippen molar-refractivity contribution >= 4 is 35.0 Å². The molecule has 2 aromatic rings. The normalized spacial score (nSPS) is 11.9. The van der Waals surface area contributed by atoms with Gasteiger partial charge in [-0.2, -0.15) is 0 Å². The fourth-order valence-corrected chi connectivity index (χ4v) is 3.37. The summed E-state index contributed by atoms with van der Waals surface area (Å²) in [7, 11) is 0. The van der Waals surface area contributed by atoms with E-state index in [2.05, 4.69) is 5.32 Å². The highest BCUT2D eigenvalue weighted by atomic mass is 35.5. The first-order chi connectivity index (χ1) is 13.8. The number of halogens is 2. The largest absolute Gasteiger partial charge is 0.354 e. The van der Waals surface area contributed by atoms with E-state index in [4.69, 9.17) is 23.2 Å². The zero-order chi connectivity index (χ0) is 21.4. The second-order valence-corrected chi connectivity index (χ2v) is 8.31. The summed E-state index contributed by atoms with van der Waals surface area (Å²) in [6.07, 6.45) is 0.752. The van der Waals surface area contributed by atoms with Crippen molar-refractivity contribution in [3.63, 3.8) is 0 Å². The Hall–Kier alpha value is -2.04. The minimum absolute atomic E-state index is 0.103. The van der Waals surface area contributed by atoms with Crippen LogP contribution in [0.2, 0.25) is 10.0 Å². The predicted octanol–water partition coefficient (Wildman–Crippen LogP) is 5.12. The number of hydrogen-bond donors (Lipinski definition) is 1. The summed E-state index contributed by atoms with van der Waals surface area (Å²) in [5.74, 6) is 0.0940. The van der Waals surface area contributed by atoms with Crippen LogP contribution in [0, 0.1) is 5.92 Å². The molecule has 0 saturated carbocycles. The molecule has 156 valence electrons. The quantitative estimate of drug-likeness (QED) is 0.595. The monoisotopic (exact) mass is 434 g/mol. The number of nitrogens with zero attached hydrogens (tertiary/aromatic N) is 1. The standard InChI is InChI=1S/C23H28Cl2N2O2/c1-4-21(23(29)26-14-16(2)3)27(15-18-10-11-19(24)20(25)12-18)22(28)13-17-8-6-5-7-9-17/h5-12,16,21H,4,13-15H2,1-3H3,(H,26,29)/t21-/m1/s1. The first-order valence-corrected chi connectivity index (χ1v) is 10.6. The summed E-state index contributed by atoms with van der Waals surface area (Å²) in [4.78, 5) is 27.7. The zero-order valence-electron chi connectivity index (χ0n) is 17.1. The van der Waals surface area contributed by atoms with E-state index >= 15 is 0 Å². The molecule has 0 aliphatic rings. The minimum Gasteiger partial charge on any atom is -0.354 e. The van der Waals surface area contributed by atoms with E-state index in [9.17, 15) is 9.59 Å². The Bertz CT molecular complexity index is 825. The van der Waals surface area contributed by atoms with Crippen LogP contribution < -0.4 is 5.32 Å². The van der Waals surface area contributed by atoms with Crippen molar-refractivity contribution in [1.29, 1.82) is 0 Å². The first kappa shape index (κ1) is 23.2. The molecule has 0 bridgehead atoms. The van der Waals surface area contributed by atoms with Crippen LogP contribution >= 0.6 is 23.2 Å². The molecule has 0 aliphatic carbocycles. The maximum absolute atomic E-state index is 13.2. The molecule has 0 spiro atoms. The molecular formula is C23H28Cl2N2O2. The Morgan fingerprint density at radius 3 is 2.28 bits per heavy atom. The summed E-state index contributed by atoms with van der Waals surface area (Å²) in [6, 6.07) is 14.3. The molecule has 29 heavy (non-hydrogen) atoms. The van der Waals surface area contributed by atoms with Crippen LogP contribution in [0.1, 0.15) is 38.3 Å². The summed E-state index contributed by atoms with van der Waals surface area (Å²) < 4.78 is 0. The minimum atomic E-state index is -0.556. The van der Waals surface area contributed by atoms with Crippen LogP contribution in [0.15, 0.2) is 48.5 Å². The maximum Gasteiger partial charge on any atom is 0.242 e. The lowest BCUT2D eigenvalue weighted by atomic mass is 10.1. The van der Waals surface area contributed by atoms with Gasteiger partial charge in [0, 0.05) is 13.1 Å². The first-order valence-electron chi connectivity index (χ1n) is 9.86. The van der Waals surface area contributed by atoms with Crippen molar-refractivity contribution in [2.75, 3.05) is 6.54 Å². The van der Waals surface area contributed by atoms with Gasteiger partial charge in [-0.1, -0.05) is 80.4 Å². The Balaban J connectivity index is 2.27. The second kappa shape index (κ2) is 11.2. The number of rotatable bonds is 9. The molecule has 0 heterocycles. The highest BCUT2D eigenvalue weighted by Crippen LogP contribution is 2.24. The lowest BCUT2D eigenvalue weighted by molar-refractivity contribution is -0.141. The van der Waals surface area contributed by atoms with Gasteiger partial charge in [0.05, 0.1) is 16.5 Å². The van der Waals surface area contributed by atoms with Gasteiger partial charge in [0.15, 0.2) is 0 Å². The van der Waals surface area contributed by atoms with Crippen LogP contribution in [0.3, 0.4) is 0 Å². The molecule has 4 nitrogen and oxygen atoms in total. The van der Waals surface area contributed by atoms with E-state index < -0.39 is 6.04 Å². The van der Waals surface area contributed by atoms with Crippen molar-refractivity contribution < 1.29 is 9.59 Å². The fraction of sp³-hybridized carbons (Fsp3) is 0.391. The molecule has 1 N–H and O–H groups in total. The Morgan fingerprint density at radius 1 is 1.00 bits per heavy atom. The zero-order valence-corrected chi connectivity index (χ0v) is 18.6. The number of amides is 2. The van der Waals surface area contributed by atoms with Gasteiger partial charge in [0.1, 0.15) is 6.04 Å². The van der Waals surface area contributed by atoms with Crippen LogP contribution in [0.5, 0.6) is 0 Å². The Morgan fingerprint density at radius 2 is 1.69 bits per heavy atom. The summed E-state index contributed by atoms with van der Waals surface area (Å²) in [5.41, 5.74) is 1.74. The molecule has 0 radical (unpaired) electrons. The van der Waals surface area contributed by atoms with Gasteiger partial charge in [-0.3, -0.25) is 9.59 Å². The van der Waals surface area contributed by atoms with E-state index in [0.717, 1.165) is 11.1 Å². The average molecular weight is 435 g/mol. The van der Waals surface area contributed by atoms with E-state index in [-0.39, 0.29) is 24.8 Å². The smallest absolute Gasteiger partial charge is 0.242 e. The molecule has 0 aliphatic heterocycles. The van der Waals surface area contributed by atoms with Crippen molar-refractivity contribution in [3.05, 3.63) is 69.7 Å². The van der Waals surface area contributed by atoms with E-state index in [1.54, 1.807) is 17.0 Å². The maximum atomic E-state index is 13.2. The third kappa shape index (κ3) is 7.06. The molecule has 1 atom stereocenters. The molecule has 2 rings (SSSR count). The Kier molecular flexibility index (Phi) is 8.99. The molecule has 0 fully saturated rings. The van der Waals surface area contributed by atoms with Gasteiger partial charge < -0.3 is 10.2 Å².